The second-order valence-electron chi connectivity index (χ2n) is 3.27. The molecule has 0 saturated heterocycles. The van der Waals surface area contributed by atoms with Crippen LogP contribution in [0.4, 0.5) is 5.95 Å². The number of aryl methyl sites for hydroxylation is 2. The molecular formula is C10H19N3S. The van der Waals surface area contributed by atoms with E-state index in [1.165, 1.54) is 12.2 Å². The fraction of sp³-hybridized carbons (Fsp3) is 0.700. The van der Waals surface area contributed by atoms with Crippen molar-refractivity contribution in [2.45, 2.75) is 26.8 Å². The SMILES string of the molecule is CCn1cc(C)nc1NCCCSC. The second-order valence-corrected chi connectivity index (χ2v) is 4.25. The highest BCUT2D eigenvalue weighted by molar-refractivity contribution is 7.98. The van der Waals surface area contributed by atoms with Crippen molar-refractivity contribution in [3.05, 3.63) is 11.9 Å². The fourth-order valence-corrected chi connectivity index (χ4v) is 1.78. The van der Waals surface area contributed by atoms with Gasteiger partial charge in [0.15, 0.2) is 0 Å². The van der Waals surface area contributed by atoms with Gasteiger partial charge >= 0.3 is 0 Å². The first-order valence-electron chi connectivity index (χ1n) is 5.04. The lowest BCUT2D eigenvalue weighted by atomic mass is 10.5. The van der Waals surface area contributed by atoms with E-state index in [1.54, 1.807) is 0 Å². The molecule has 0 saturated carbocycles. The Bertz CT molecular complexity index is 270. The molecule has 0 bridgehead atoms. The van der Waals surface area contributed by atoms with E-state index >= 15 is 0 Å². The normalized spacial score (nSPS) is 10.5. The maximum atomic E-state index is 4.42. The van der Waals surface area contributed by atoms with Crippen molar-refractivity contribution in [3.63, 3.8) is 0 Å². The highest BCUT2D eigenvalue weighted by atomic mass is 32.2. The van der Waals surface area contributed by atoms with Crippen LogP contribution in [-0.4, -0.2) is 28.1 Å². The molecule has 3 nitrogen and oxygen atoms in total. The van der Waals surface area contributed by atoms with E-state index in [-0.39, 0.29) is 0 Å². The molecule has 80 valence electrons. The zero-order chi connectivity index (χ0) is 10.4. The minimum absolute atomic E-state index is 0.978. The van der Waals surface area contributed by atoms with Gasteiger partial charge < -0.3 is 9.88 Å². The Kier molecular flexibility index (Phi) is 4.87. The Morgan fingerprint density at radius 1 is 1.57 bits per heavy atom. The van der Waals surface area contributed by atoms with Crippen LogP contribution in [0.2, 0.25) is 0 Å². The van der Waals surface area contributed by atoms with Crippen molar-refractivity contribution in [2.75, 3.05) is 23.9 Å². The fourth-order valence-electron chi connectivity index (χ4n) is 1.35. The summed E-state index contributed by atoms with van der Waals surface area (Å²) in [5.41, 5.74) is 1.08. The predicted molar refractivity (Wildman–Crippen MR) is 64.1 cm³/mol. The number of thioether (sulfide) groups is 1. The maximum Gasteiger partial charge on any atom is 0.203 e. The van der Waals surface area contributed by atoms with Crippen molar-refractivity contribution in [1.29, 1.82) is 0 Å². The Labute approximate surface area is 90.3 Å². The third-order valence-corrected chi connectivity index (χ3v) is 2.74. The highest BCUT2D eigenvalue weighted by Gasteiger charge is 2.01. The maximum absolute atomic E-state index is 4.42. The van der Waals surface area contributed by atoms with Crippen LogP contribution in [0.15, 0.2) is 6.20 Å². The van der Waals surface area contributed by atoms with E-state index in [0.717, 1.165) is 24.7 Å². The molecule has 1 aromatic rings. The number of imidazole rings is 1. The molecule has 0 amide bonds. The van der Waals surface area contributed by atoms with E-state index in [4.69, 9.17) is 0 Å². The van der Waals surface area contributed by atoms with Crippen molar-refractivity contribution in [1.82, 2.24) is 9.55 Å². The molecule has 0 spiro atoms. The topological polar surface area (TPSA) is 29.9 Å². The lowest BCUT2D eigenvalue weighted by Crippen LogP contribution is -2.08. The zero-order valence-electron chi connectivity index (χ0n) is 9.21. The zero-order valence-corrected chi connectivity index (χ0v) is 10.0. The van der Waals surface area contributed by atoms with Crippen LogP contribution in [0.25, 0.3) is 0 Å². The van der Waals surface area contributed by atoms with Gasteiger partial charge in [0.1, 0.15) is 0 Å². The summed E-state index contributed by atoms with van der Waals surface area (Å²) in [6.07, 6.45) is 5.41. The summed E-state index contributed by atoms with van der Waals surface area (Å²) in [4.78, 5) is 4.42. The number of rotatable bonds is 6. The number of nitrogens with one attached hydrogen (secondary N) is 1. The molecule has 1 rings (SSSR count). The van der Waals surface area contributed by atoms with Crippen LogP contribution in [0.1, 0.15) is 19.0 Å². The van der Waals surface area contributed by atoms with Gasteiger partial charge in [0.25, 0.3) is 0 Å². The molecule has 0 unspecified atom stereocenters. The van der Waals surface area contributed by atoms with E-state index in [2.05, 4.69) is 34.2 Å². The molecule has 0 atom stereocenters. The van der Waals surface area contributed by atoms with Crippen LogP contribution < -0.4 is 5.32 Å². The molecule has 0 radical (unpaired) electrons. The molecule has 0 aromatic carbocycles. The largest absolute Gasteiger partial charge is 0.356 e. The highest BCUT2D eigenvalue weighted by Crippen LogP contribution is 2.08. The van der Waals surface area contributed by atoms with Gasteiger partial charge in [-0.3, -0.25) is 0 Å². The van der Waals surface area contributed by atoms with E-state index < -0.39 is 0 Å². The number of aromatic nitrogens is 2. The molecule has 1 N–H and O–H groups in total. The van der Waals surface area contributed by atoms with Gasteiger partial charge in [-0.15, -0.1) is 0 Å². The first-order valence-corrected chi connectivity index (χ1v) is 6.44. The second kappa shape index (κ2) is 5.96. The van der Waals surface area contributed by atoms with E-state index in [9.17, 15) is 0 Å². The molecule has 1 aromatic heterocycles. The van der Waals surface area contributed by atoms with Crippen molar-refractivity contribution < 1.29 is 0 Å². The molecule has 14 heavy (non-hydrogen) atoms. The molecular weight excluding hydrogens is 194 g/mol. The Morgan fingerprint density at radius 3 is 3.00 bits per heavy atom. The van der Waals surface area contributed by atoms with Gasteiger partial charge in [-0.2, -0.15) is 11.8 Å². The van der Waals surface area contributed by atoms with Gasteiger partial charge in [0.2, 0.25) is 5.95 Å². The standard InChI is InChI=1S/C10H19N3S/c1-4-13-8-9(2)12-10(13)11-6-5-7-14-3/h8H,4-7H2,1-3H3,(H,11,12). The molecule has 0 fully saturated rings. The summed E-state index contributed by atoms with van der Waals surface area (Å²) >= 11 is 1.88. The quantitative estimate of drug-likeness (QED) is 0.736. The molecule has 4 heteroatoms. The number of hydrogen-bond acceptors (Lipinski definition) is 3. The van der Waals surface area contributed by atoms with E-state index in [1.807, 2.05) is 18.7 Å². The number of hydrogen-bond donors (Lipinski definition) is 1. The Hall–Kier alpha value is -0.640. The predicted octanol–water partition coefficient (Wildman–Crippen LogP) is 2.38. The van der Waals surface area contributed by atoms with E-state index in [0.29, 0.717) is 0 Å². The molecule has 0 aliphatic rings. The smallest absolute Gasteiger partial charge is 0.203 e. The minimum Gasteiger partial charge on any atom is -0.356 e. The Balaban J connectivity index is 2.41. The molecule has 0 aliphatic carbocycles. The Morgan fingerprint density at radius 2 is 2.36 bits per heavy atom. The third kappa shape index (κ3) is 3.25. The number of nitrogens with zero attached hydrogens (tertiary/aromatic N) is 2. The van der Waals surface area contributed by atoms with Gasteiger partial charge in [0, 0.05) is 19.3 Å². The van der Waals surface area contributed by atoms with Gasteiger partial charge in [-0.1, -0.05) is 0 Å². The van der Waals surface area contributed by atoms with Crippen LogP contribution in [0.5, 0.6) is 0 Å². The lowest BCUT2D eigenvalue weighted by Gasteiger charge is -2.06. The summed E-state index contributed by atoms with van der Waals surface area (Å²) < 4.78 is 2.15. The summed E-state index contributed by atoms with van der Waals surface area (Å²) in [6.45, 7) is 6.15. The van der Waals surface area contributed by atoms with Crippen LogP contribution in [0.3, 0.4) is 0 Å². The first-order chi connectivity index (χ1) is 6.77. The number of anilines is 1. The van der Waals surface area contributed by atoms with Crippen LogP contribution in [0, 0.1) is 6.92 Å². The monoisotopic (exact) mass is 213 g/mol. The average Bonchev–Trinajstić information content (AvgIpc) is 2.54. The van der Waals surface area contributed by atoms with Crippen molar-refractivity contribution in [2.24, 2.45) is 0 Å². The van der Waals surface area contributed by atoms with Crippen LogP contribution in [-0.2, 0) is 6.54 Å². The molecule has 1 heterocycles. The average molecular weight is 213 g/mol. The first kappa shape index (κ1) is 11.4. The lowest BCUT2D eigenvalue weighted by molar-refractivity contribution is 0.760. The van der Waals surface area contributed by atoms with Crippen molar-refractivity contribution in [3.8, 4) is 0 Å². The third-order valence-electron chi connectivity index (χ3n) is 2.05. The summed E-state index contributed by atoms with van der Waals surface area (Å²) in [5, 5.41) is 3.36. The van der Waals surface area contributed by atoms with Gasteiger partial charge in [-0.25, -0.2) is 4.98 Å². The summed E-state index contributed by atoms with van der Waals surface area (Å²) in [7, 11) is 0. The van der Waals surface area contributed by atoms with Gasteiger partial charge in [-0.05, 0) is 32.3 Å². The minimum atomic E-state index is 0.978. The summed E-state index contributed by atoms with van der Waals surface area (Å²) in [5.74, 6) is 2.21. The van der Waals surface area contributed by atoms with Gasteiger partial charge in [0.05, 0.1) is 5.69 Å². The molecule has 0 aliphatic heterocycles. The van der Waals surface area contributed by atoms with Crippen molar-refractivity contribution >= 4 is 17.7 Å². The summed E-state index contributed by atoms with van der Waals surface area (Å²) in [6, 6.07) is 0. The van der Waals surface area contributed by atoms with Crippen LogP contribution >= 0.6 is 11.8 Å².